The van der Waals surface area contributed by atoms with E-state index in [-0.39, 0.29) is 0 Å². The summed E-state index contributed by atoms with van der Waals surface area (Å²) in [6.45, 7) is 4.92. The number of hydrogen-bond donors (Lipinski definition) is 1. The molecule has 0 amide bonds. The van der Waals surface area contributed by atoms with Crippen molar-refractivity contribution in [1.82, 2.24) is 0 Å². The Bertz CT molecular complexity index is 142. The highest BCUT2D eigenvalue weighted by Gasteiger charge is 2.16. The minimum Gasteiger partial charge on any atom is -0.333 e. The largest absolute Gasteiger partial charge is 0.333 e. The summed E-state index contributed by atoms with van der Waals surface area (Å²) in [6, 6.07) is 0. The lowest BCUT2D eigenvalue weighted by atomic mass is 10.9. The molecule has 0 bridgehead atoms. The fraction of sp³-hybridized carbons (Fsp3) is 1.00. The van der Waals surface area contributed by atoms with Gasteiger partial charge in [-0.2, -0.15) is 12.6 Å². The van der Waals surface area contributed by atoms with Gasteiger partial charge in [-0.05, 0) is 23.3 Å². The summed E-state index contributed by atoms with van der Waals surface area (Å²) in [6.07, 6.45) is 0. The monoisotopic (exact) mass is 262 g/mol. The summed E-state index contributed by atoms with van der Waals surface area (Å²) in [7, 11) is 0. The molecule has 0 fully saturated rings. The second-order valence-corrected chi connectivity index (χ2v) is 13.4. The molecule has 0 aliphatic rings. The molecular weight excluding hydrogens is 247 g/mol. The predicted molar refractivity (Wildman–Crippen MR) is 70.4 cm³/mol. The topological polar surface area (TPSA) is 9.23 Å². The highest BCUT2D eigenvalue weighted by Crippen LogP contribution is 2.69. The van der Waals surface area contributed by atoms with Gasteiger partial charge in [0.25, 0.3) is 0 Å². The predicted octanol–water partition coefficient (Wildman–Crippen LogP) is 3.66. The molecule has 0 aliphatic carbocycles. The molecule has 0 saturated heterocycles. The van der Waals surface area contributed by atoms with Crippen LogP contribution in [0.15, 0.2) is 0 Å². The van der Waals surface area contributed by atoms with Crippen molar-refractivity contribution in [2.24, 2.45) is 0 Å². The third-order valence-electron chi connectivity index (χ3n) is 0.915. The van der Waals surface area contributed by atoms with Crippen LogP contribution in [0.4, 0.5) is 0 Å². The van der Waals surface area contributed by atoms with Gasteiger partial charge in [-0.25, -0.2) is 0 Å². The van der Waals surface area contributed by atoms with Gasteiger partial charge in [-0.15, -0.1) is 0 Å². The minimum absolute atomic E-state index is 0.681. The van der Waals surface area contributed by atoms with Crippen LogP contribution in [0.1, 0.15) is 13.8 Å². The van der Waals surface area contributed by atoms with Crippen LogP contribution in [0.5, 0.6) is 0 Å². The lowest BCUT2D eigenvalue weighted by Crippen LogP contribution is -1.90. The second-order valence-electron chi connectivity index (χ2n) is 1.84. The van der Waals surface area contributed by atoms with E-state index in [9.17, 15) is 0 Å². The molecule has 0 aromatic carbocycles. The highest BCUT2D eigenvalue weighted by atomic mass is 33.2. The molecule has 0 aromatic heterocycles. The Hall–Kier alpha value is 1.66. The molecule has 0 unspecified atom stereocenters. The van der Waals surface area contributed by atoms with Gasteiger partial charge in [-0.3, -0.25) is 0 Å². The molecule has 0 rings (SSSR count). The van der Waals surface area contributed by atoms with Crippen molar-refractivity contribution in [1.29, 1.82) is 0 Å². The van der Waals surface area contributed by atoms with Crippen LogP contribution in [0.3, 0.4) is 0 Å². The Morgan fingerprint density at radius 2 is 1.83 bits per heavy atom. The van der Waals surface area contributed by atoms with E-state index in [1.807, 2.05) is 0 Å². The van der Waals surface area contributed by atoms with Crippen LogP contribution < -0.4 is 0 Å². The molecule has 0 aromatic rings. The molecule has 12 heavy (non-hydrogen) atoms. The van der Waals surface area contributed by atoms with E-state index in [0.29, 0.717) is 6.61 Å². The molecule has 6 heteroatoms. The molecule has 0 spiro atoms. The Labute approximate surface area is 93.8 Å². The van der Waals surface area contributed by atoms with Crippen LogP contribution in [0, 0.1) is 0 Å². The van der Waals surface area contributed by atoms with Crippen LogP contribution in [-0.2, 0) is 16.3 Å². The minimum atomic E-state index is -1.62. The molecule has 0 radical (unpaired) electrons. The lowest BCUT2D eigenvalue weighted by Gasteiger charge is -2.18. The van der Waals surface area contributed by atoms with Crippen LogP contribution in [0.2, 0.25) is 0 Å². The fourth-order valence-corrected chi connectivity index (χ4v) is 9.69. The zero-order chi connectivity index (χ0) is 9.45. The van der Waals surface area contributed by atoms with Gasteiger partial charge in [-0.1, -0.05) is 36.6 Å². The van der Waals surface area contributed by atoms with Crippen LogP contribution in [0.25, 0.3) is 0 Å². The van der Waals surface area contributed by atoms with Gasteiger partial charge in [0.1, 0.15) is 0 Å². The fourth-order valence-electron chi connectivity index (χ4n) is 0.581. The maximum absolute atomic E-state index is 5.64. The van der Waals surface area contributed by atoms with E-state index < -0.39 is 4.67 Å². The van der Waals surface area contributed by atoms with Crippen molar-refractivity contribution in [2.45, 2.75) is 13.8 Å². The van der Waals surface area contributed by atoms with Gasteiger partial charge >= 0.3 is 0 Å². The average Bonchev–Trinajstić information content (AvgIpc) is 2.02. The first-order valence-corrected chi connectivity index (χ1v) is 10.4. The molecule has 0 saturated carbocycles. The number of rotatable bonds is 7. The van der Waals surface area contributed by atoms with E-state index in [0.717, 1.165) is 17.3 Å². The van der Waals surface area contributed by atoms with Gasteiger partial charge in [0, 0.05) is 5.75 Å². The quantitative estimate of drug-likeness (QED) is 0.553. The average molecular weight is 262 g/mol. The number of hydrogen-bond acceptors (Lipinski definition) is 5. The standard InChI is InChI=1S/C6H15OPS4/c1-3-11-8(10,12-4-2)7-5-6-9/h9H,3-6H2,1-2H3. The zero-order valence-electron chi connectivity index (χ0n) is 7.36. The first-order chi connectivity index (χ1) is 5.68. The van der Waals surface area contributed by atoms with Crippen LogP contribution >= 0.6 is 40.1 Å². The Balaban J connectivity index is 3.90. The molecule has 0 aliphatic heterocycles. The van der Waals surface area contributed by atoms with Crippen molar-refractivity contribution in [3.63, 3.8) is 0 Å². The normalized spacial score (nSPS) is 11.9. The Morgan fingerprint density at radius 3 is 2.17 bits per heavy atom. The third-order valence-corrected chi connectivity index (χ3v) is 10.9. The second kappa shape index (κ2) is 8.01. The van der Waals surface area contributed by atoms with E-state index in [1.54, 1.807) is 22.8 Å². The van der Waals surface area contributed by atoms with Crippen molar-refractivity contribution in [3.8, 4) is 0 Å². The van der Waals surface area contributed by atoms with Crippen LogP contribution in [-0.4, -0.2) is 23.9 Å². The smallest absolute Gasteiger partial charge is 0.174 e. The van der Waals surface area contributed by atoms with Crippen molar-refractivity contribution >= 4 is 51.9 Å². The summed E-state index contributed by atoms with van der Waals surface area (Å²) in [5, 5.41) is 0. The van der Waals surface area contributed by atoms with Crippen molar-refractivity contribution < 1.29 is 4.52 Å². The zero-order valence-corrected chi connectivity index (χ0v) is 11.6. The van der Waals surface area contributed by atoms with E-state index in [1.165, 1.54) is 0 Å². The van der Waals surface area contributed by atoms with Crippen molar-refractivity contribution in [2.75, 3.05) is 23.9 Å². The summed E-state index contributed by atoms with van der Waals surface area (Å²) < 4.78 is 4.02. The van der Waals surface area contributed by atoms with E-state index in [4.69, 9.17) is 16.3 Å². The third kappa shape index (κ3) is 6.17. The first-order valence-electron chi connectivity index (χ1n) is 3.83. The summed E-state index contributed by atoms with van der Waals surface area (Å²) in [4.78, 5) is 0. The summed E-state index contributed by atoms with van der Waals surface area (Å²) in [5.74, 6) is 2.83. The molecular formula is C6H15OPS4. The Morgan fingerprint density at radius 1 is 1.33 bits per heavy atom. The highest BCUT2D eigenvalue weighted by molar-refractivity contribution is 8.99. The maximum atomic E-state index is 5.64. The van der Waals surface area contributed by atoms with Gasteiger partial charge in [0.15, 0.2) is 4.67 Å². The number of thiol groups is 1. The summed E-state index contributed by atoms with van der Waals surface area (Å²) in [5.41, 5.74) is 0. The molecule has 1 nitrogen and oxygen atoms in total. The van der Waals surface area contributed by atoms with Gasteiger partial charge in [0.2, 0.25) is 0 Å². The van der Waals surface area contributed by atoms with Crippen molar-refractivity contribution in [3.05, 3.63) is 0 Å². The molecule has 0 heterocycles. The maximum Gasteiger partial charge on any atom is 0.174 e. The Kier molecular flexibility index (Phi) is 9.12. The SMILES string of the molecule is CCSP(=S)(OCCS)SCC. The van der Waals surface area contributed by atoms with E-state index >= 15 is 0 Å². The molecule has 0 N–H and O–H groups in total. The molecule has 0 atom stereocenters. The van der Waals surface area contributed by atoms with Gasteiger partial charge < -0.3 is 4.52 Å². The summed E-state index contributed by atoms with van der Waals surface area (Å²) >= 11 is 13.1. The first kappa shape index (κ1) is 13.7. The van der Waals surface area contributed by atoms with E-state index in [2.05, 4.69) is 26.5 Å². The lowest BCUT2D eigenvalue weighted by molar-refractivity contribution is 0.398. The molecule has 74 valence electrons. The van der Waals surface area contributed by atoms with Gasteiger partial charge in [0.05, 0.1) is 6.61 Å².